The Kier molecular flexibility index (Phi) is 5.97. The number of piperazine rings is 1. The van der Waals surface area contributed by atoms with Crippen LogP contribution in [0.3, 0.4) is 0 Å². The normalized spacial score (nSPS) is 16.3. The third-order valence-electron chi connectivity index (χ3n) is 3.75. The van der Waals surface area contributed by atoms with Crippen molar-refractivity contribution < 1.29 is 17.9 Å². The number of nitrogens with zero attached hydrogens (tertiary/aromatic N) is 2. The van der Waals surface area contributed by atoms with Crippen molar-refractivity contribution in [3.63, 3.8) is 0 Å². The van der Waals surface area contributed by atoms with Gasteiger partial charge in [0, 0.05) is 44.5 Å². The molecule has 1 aliphatic rings. The van der Waals surface area contributed by atoms with Crippen molar-refractivity contribution in [2.75, 3.05) is 57.4 Å². The van der Waals surface area contributed by atoms with Gasteiger partial charge in [0.05, 0.1) is 12.4 Å². The molecule has 1 aromatic rings. The number of anilines is 1. The van der Waals surface area contributed by atoms with Gasteiger partial charge in [-0.05, 0) is 31.3 Å². The van der Waals surface area contributed by atoms with Crippen molar-refractivity contribution in [3.8, 4) is 0 Å². The van der Waals surface area contributed by atoms with E-state index < -0.39 is 10.0 Å². The van der Waals surface area contributed by atoms with Gasteiger partial charge in [0.25, 0.3) is 5.91 Å². The zero-order chi connectivity index (χ0) is 16.9. The maximum Gasteiger partial charge on any atom is 0.253 e. The number of likely N-dealkylation sites (N-methyl/N-ethyl adjacent to an activating group) is 1. The highest BCUT2D eigenvalue weighted by Gasteiger charge is 2.20. The zero-order valence-electron chi connectivity index (χ0n) is 13.5. The maximum atomic E-state index is 12.4. The van der Waals surface area contributed by atoms with Gasteiger partial charge in [-0.2, -0.15) is 0 Å². The molecule has 0 atom stereocenters. The second-order valence-corrected chi connectivity index (χ2v) is 7.43. The molecule has 1 aromatic carbocycles. The number of nitrogens with one attached hydrogen (secondary N) is 1. The summed E-state index contributed by atoms with van der Waals surface area (Å²) in [5.74, 6) is -0.127. The van der Waals surface area contributed by atoms with Gasteiger partial charge < -0.3 is 14.5 Å². The molecule has 0 bridgehead atoms. The lowest BCUT2D eigenvalue weighted by molar-refractivity contribution is 0.0664. The third kappa shape index (κ3) is 5.19. The van der Waals surface area contributed by atoms with Crippen molar-refractivity contribution in [2.45, 2.75) is 0 Å². The summed E-state index contributed by atoms with van der Waals surface area (Å²) in [6.45, 7) is 3.28. The fourth-order valence-electron chi connectivity index (χ4n) is 2.30. The van der Waals surface area contributed by atoms with Gasteiger partial charge in [-0.3, -0.25) is 9.52 Å². The zero-order valence-corrected chi connectivity index (χ0v) is 14.3. The molecule has 0 aromatic heterocycles. The second kappa shape index (κ2) is 7.76. The molecule has 1 N–H and O–H groups in total. The fraction of sp³-hybridized carbons (Fsp3) is 0.533. The molecule has 1 fully saturated rings. The van der Waals surface area contributed by atoms with E-state index in [2.05, 4.69) is 9.62 Å². The Labute approximate surface area is 137 Å². The number of sulfonamides is 1. The van der Waals surface area contributed by atoms with Crippen molar-refractivity contribution in [2.24, 2.45) is 0 Å². The van der Waals surface area contributed by atoms with Crippen LogP contribution in [0, 0.1) is 0 Å². The number of amides is 1. The lowest BCUT2D eigenvalue weighted by Crippen LogP contribution is -2.47. The van der Waals surface area contributed by atoms with Gasteiger partial charge in [0.2, 0.25) is 10.0 Å². The van der Waals surface area contributed by atoms with Crippen LogP contribution in [0.5, 0.6) is 0 Å². The van der Waals surface area contributed by atoms with Crippen LogP contribution in [-0.2, 0) is 14.8 Å². The molecule has 1 amide bonds. The summed E-state index contributed by atoms with van der Waals surface area (Å²) in [6, 6.07) is 6.50. The van der Waals surface area contributed by atoms with Crippen molar-refractivity contribution in [1.82, 2.24) is 9.80 Å². The number of carbonyl (C=O) groups is 1. The Morgan fingerprint density at radius 2 is 1.78 bits per heavy atom. The molecule has 2 rings (SSSR count). The van der Waals surface area contributed by atoms with Crippen LogP contribution < -0.4 is 4.72 Å². The first-order valence-corrected chi connectivity index (χ1v) is 9.14. The lowest BCUT2D eigenvalue weighted by atomic mass is 10.1. The summed E-state index contributed by atoms with van der Waals surface area (Å²) >= 11 is 0. The molecule has 8 heteroatoms. The Balaban J connectivity index is 1.97. The Hall–Kier alpha value is -1.64. The van der Waals surface area contributed by atoms with Gasteiger partial charge in [-0.15, -0.1) is 0 Å². The van der Waals surface area contributed by atoms with Crippen LogP contribution in [0.1, 0.15) is 10.4 Å². The van der Waals surface area contributed by atoms with E-state index in [1.807, 2.05) is 11.9 Å². The van der Waals surface area contributed by atoms with Gasteiger partial charge in [-0.25, -0.2) is 8.42 Å². The van der Waals surface area contributed by atoms with Crippen LogP contribution in [0.4, 0.5) is 5.69 Å². The lowest BCUT2D eigenvalue weighted by Gasteiger charge is -2.32. The number of methoxy groups -OCH3 is 1. The Morgan fingerprint density at radius 1 is 1.17 bits per heavy atom. The summed E-state index contributed by atoms with van der Waals surface area (Å²) in [6.07, 6.45) is 0. The molecular formula is C15H23N3O4S. The average molecular weight is 341 g/mol. The number of ether oxygens (including phenoxy) is 1. The highest BCUT2D eigenvalue weighted by atomic mass is 32.2. The highest BCUT2D eigenvalue weighted by Crippen LogP contribution is 2.14. The molecular weight excluding hydrogens is 318 g/mol. The SMILES string of the molecule is COCCS(=O)(=O)Nc1ccc(C(=O)N2CCN(C)CC2)cc1. The van der Waals surface area contributed by atoms with Crippen molar-refractivity contribution in [1.29, 1.82) is 0 Å². The molecule has 128 valence electrons. The molecule has 1 aliphatic heterocycles. The standard InChI is InChI=1S/C15H23N3O4S/c1-17-7-9-18(10-8-17)15(19)13-3-5-14(6-4-13)16-23(20,21)12-11-22-2/h3-6,16H,7-12H2,1-2H3. The summed E-state index contributed by atoms with van der Waals surface area (Å²) in [7, 11) is 0.0543. The van der Waals surface area contributed by atoms with Gasteiger partial charge in [0.1, 0.15) is 0 Å². The van der Waals surface area contributed by atoms with Crippen LogP contribution in [0.2, 0.25) is 0 Å². The van der Waals surface area contributed by atoms with E-state index in [0.717, 1.165) is 13.1 Å². The first-order chi connectivity index (χ1) is 10.9. The van der Waals surface area contributed by atoms with E-state index in [9.17, 15) is 13.2 Å². The molecule has 1 saturated heterocycles. The minimum absolute atomic E-state index is 0.0214. The predicted octanol–water partition coefficient (Wildman–Crippen LogP) is 0.462. The summed E-state index contributed by atoms with van der Waals surface area (Å²) in [5, 5.41) is 0. The largest absolute Gasteiger partial charge is 0.384 e. The summed E-state index contributed by atoms with van der Waals surface area (Å²) in [5.41, 5.74) is 1.01. The number of hydrogen-bond donors (Lipinski definition) is 1. The number of carbonyl (C=O) groups excluding carboxylic acids is 1. The summed E-state index contributed by atoms with van der Waals surface area (Å²) in [4.78, 5) is 16.4. The van der Waals surface area contributed by atoms with Crippen LogP contribution in [-0.4, -0.2) is 76.8 Å². The monoisotopic (exact) mass is 341 g/mol. The second-order valence-electron chi connectivity index (χ2n) is 5.59. The quantitative estimate of drug-likeness (QED) is 0.813. The third-order valence-corrected chi connectivity index (χ3v) is 5.00. The smallest absolute Gasteiger partial charge is 0.253 e. The van der Waals surface area contributed by atoms with Crippen LogP contribution >= 0.6 is 0 Å². The Bertz CT molecular complexity index is 623. The molecule has 0 radical (unpaired) electrons. The number of rotatable bonds is 6. The van der Waals surface area contributed by atoms with Gasteiger partial charge in [0.15, 0.2) is 0 Å². The van der Waals surface area contributed by atoms with Gasteiger partial charge in [-0.1, -0.05) is 0 Å². The minimum atomic E-state index is -3.43. The van der Waals surface area contributed by atoms with E-state index in [1.54, 1.807) is 24.3 Å². The van der Waals surface area contributed by atoms with E-state index in [0.29, 0.717) is 24.3 Å². The highest BCUT2D eigenvalue weighted by molar-refractivity contribution is 7.92. The Morgan fingerprint density at radius 3 is 2.35 bits per heavy atom. The van der Waals surface area contributed by atoms with E-state index in [4.69, 9.17) is 4.74 Å². The van der Waals surface area contributed by atoms with Crippen molar-refractivity contribution >= 4 is 21.6 Å². The fourth-order valence-corrected chi connectivity index (χ4v) is 3.28. The number of benzene rings is 1. The van der Waals surface area contributed by atoms with Crippen molar-refractivity contribution in [3.05, 3.63) is 29.8 Å². The molecule has 0 spiro atoms. The average Bonchev–Trinajstić information content (AvgIpc) is 2.53. The van der Waals surface area contributed by atoms with E-state index >= 15 is 0 Å². The number of hydrogen-bond acceptors (Lipinski definition) is 5. The molecule has 0 unspecified atom stereocenters. The molecule has 1 heterocycles. The topological polar surface area (TPSA) is 78.9 Å². The summed E-state index contributed by atoms with van der Waals surface area (Å²) < 4.78 is 30.8. The predicted molar refractivity (Wildman–Crippen MR) is 89.1 cm³/mol. The molecule has 7 nitrogen and oxygen atoms in total. The molecule has 0 aliphatic carbocycles. The minimum Gasteiger partial charge on any atom is -0.384 e. The van der Waals surface area contributed by atoms with Crippen LogP contribution in [0.15, 0.2) is 24.3 Å². The maximum absolute atomic E-state index is 12.4. The van der Waals surface area contributed by atoms with E-state index in [1.165, 1.54) is 7.11 Å². The first kappa shape index (κ1) is 17.7. The molecule has 0 saturated carbocycles. The van der Waals surface area contributed by atoms with Gasteiger partial charge >= 0.3 is 0 Å². The van der Waals surface area contributed by atoms with E-state index in [-0.39, 0.29) is 18.3 Å². The van der Waals surface area contributed by atoms with Crippen LogP contribution in [0.25, 0.3) is 0 Å². The first-order valence-electron chi connectivity index (χ1n) is 7.48. The molecule has 23 heavy (non-hydrogen) atoms.